The van der Waals surface area contributed by atoms with Gasteiger partial charge in [0.1, 0.15) is 5.01 Å². The lowest BCUT2D eigenvalue weighted by atomic mass is 10.2. The molecule has 1 atom stereocenters. The van der Waals surface area contributed by atoms with Crippen molar-refractivity contribution in [1.29, 1.82) is 0 Å². The minimum absolute atomic E-state index is 0.252. The number of aryl methyl sites for hydroxylation is 2. The summed E-state index contributed by atoms with van der Waals surface area (Å²) < 4.78 is 2.22. The summed E-state index contributed by atoms with van der Waals surface area (Å²) in [7, 11) is 0. The van der Waals surface area contributed by atoms with Gasteiger partial charge in [0.2, 0.25) is 5.95 Å². The summed E-state index contributed by atoms with van der Waals surface area (Å²) in [5.41, 5.74) is 1.06. The van der Waals surface area contributed by atoms with E-state index in [1.165, 1.54) is 12.8 Å². The molecule has 0 radical (unpaired) electrons. The summed E-state index contributed by atoms with van der Waals surface area (Å²) in [6, 6.07) is 0.252. The van der Waals surface area contributed by atoms with Crippen LogP contribution in [0.1, 0.15) is 49.9 Å². The summed E-state index contributed by atoms with van der Waals surface area (Å²) >= 11 is 1.69. The highest BCUT2D eigenvalue weighted by molar-refractivity contribution is 7.09. The quantitative estimate of drug-likeness (QED) is 0.832. The number of imidazole rings is 1. The maximum Gasteiger partial charge on any atom is 0.203 e. The summed E-state index contributed by atoms with van der Waals surface area (Å²) in [6.07, 6.45) is 7.36. The second-order valence-electron chi connectivity index (χ2n) is 4.73. The normalized spacial score (nSPS) is 12.6. The molecular weight excluding hydrogens is 256 g/mol. The Morgan fingerprint density at radius 2 is 2.26 bits per heavy atom. The van der Waals surface area contributed by atoms with E-state index in [1.807, 2.05) is 18.5 Å². The van der Waals surface area contributed by atoms with Gasteiger partial charge in [0, 0.05) is 24.3 Å². The Kier molecular flexibility index (Phi) is 4.96. The summed E-state index contributed by atoms with van der Waals surface area (Å²) in [4.78, 5) is 8.99. The first-order valence-corrected chi connectivity index (χ1v) is 7.82. The molecule has 2 aromatic heterocycles. The van der Waals surface area contributed by atoms with Gasteiger partial charge in [-0.2, -0.15) is 0 Å². The highest BCUT2D eigenvalue weighted by Crippen LogP contribution is 2.24. The molecule has 2 aromatic rings. The van der Waals surface area contributed by atoms with Crippen LogP contribution in [0.25, 0.3) is 0 Å². The average Bonchev–Trinajstić information content (AvgIpc) is 3.03. The lowest BCUT2D eigenvalue weighted by Crippen LogP contribution is -2.13. The SMILES string of the molecule is CCCCn1cc(C)nc1NC(CC)c1nccs1. The van der Waals surface area contributed by atoms with Crippen molar-refractivity contribution in [2.75, 3.05) is 5.32 Å². The van der Waals surface area contributed by atoms with Crippen molar-refractivity contribution < 1.29 is 0 Å². The van der Waals surface area contributed by atoms with Crippen molar-refractivity contribution >= 4 is 17.3 Å². The largest absolute Gasteiger partial charge is 0.346 e. The zero-order valence-electron chi connectivity index (χ0n) is 11.9. The van der Waals surface area contributed by atoms with Gasteiger partial charge in [0.05, 0.1) is 11.7 Å². The van der Waals surface area contributed by atoms with E-state index in [-0.39, 0.29) is 6.04 Å². The molecule has 4 nitrogen and oxygen atoms in total. The van der Waals surface area contributed by atoms with Gasteiger partial charge >= 0.3 is 0 Å². The van der Waals surface area contributed by atoms with Crippen molar-refractivity contribution in [2.45, 2.75) is 52.6 Å². The van der Waals surface area contributed by atoms with Crippen LogP contribution in [0.2, 0.25) is 0 Å². The molecule has 0 aliphatic heterocycles. The van der Waals surface area contributed by atoms with E-state index in [9.17, 15) is 0 Å². The molecule has 0 aliphatic carbocycles. The molecule has 1 N–H and O–H groups in total. The Labute approximate surface area is 118 Å². The predicted molar refractivity (Wildman–Crippen MR) is 80.6 cm³/mol. The minimum Gasteiger partial charge on any atom is -0.346 e. The van der Waals surface area contributed by atoms with Crippen molar-refractivity contribution in [3.8, 4) is 0 Å². The van der Waals surface area contributed by atoms with Gasteiger partial charge < -0.3 is 9.88 Å². The highest BCUT2D eigenvalue weighted by atomic mass is 32.1. The molecule has 104 valence electrons. The van der Waals surface area contributed by atoms with Gasteiger partial charge in [-0.3, -0.25) is 0 Å². The third-order valence-electron chi connectivity index (χ3n) is 3.11. The van der Waals surface area contributed by atoms with E-state index in [0.717, 1.165) is 29.6 Å². The summed E-state index contributed by atoms with van der Waals surface area (Å²) in [6.45, 7) is 7.44. The minimum atomic E-state index is 0.252. The molecule has 0 aliphatic rings. The number of nitrogens with one attached hydrogen (secondary N) is 1. The molecule has 0 saturated heterocycles. The number of rotatable bonds is 7. The topological polar surface area (TPSA) is 42.7 Å². The molecule has 2 heterocycles. The monoisotopic (exact) mass is 278 g/mol. The van der Waals surface area contributed by atoms with Crippen LogP contribution in [-0.2, 0) is 6.54 Å². The van der Waals surface area contributed by atoms with Crippen LogP contribution in [0, 0.1) is 6.92 Å². The Morgan fingerprint density at radius 1 is 1.42 bits per heavy atom. The Bertz CT molecular complexity index is 490. The van der Waals surface area contributed by atoms with Crippen LogP contribution < -0.4 is 5.32 Å². The van der Waals surface area contributed by atoms with E-state index in [2.05, 4.69) is 39.9 Å². The number of hydrogen-bond donors (Lipinski definition) is 1. The fraction of sp³-hybridized carbons (Fsp3) is 0.571. The first kappa shape index (κ1) is 14.1. The van der Waals surface area contributed by atoms with E-state index in [4.69, 9.17) is 0 Å². The first-order chi connectivity index (χ1) is 9.24. The standard InChI is InChI=1S/C14H22N4S/c1-4-6-8-18-10-11(3)16-14(18)17-12(5-2)13-15-7-9-19-13/h7,9-10,12H,4-6,8H2,1-3H3,(H,16,17). The maximum atomic E-state index is 4.59. The van der Waals surface area contributed by atoms with Crippen LogP contribution in [-0.4, -0.2) is 14.5 Å². The summed E-state index contributed by atoms with van der Waals surface area (Å²) in [5.74, 6) is 0.966. The van der Waals surface area contributed by atoms with Gasteiger partial charge in [0.25, 0.3) is 0 Å². The van der Waals surface area contributed by atoms with E-state index >= 15 is 0 Å². The number of aromatic nitrogens is 3. The molecule has 0 fully saturated rings. The van der Waals surface area contributed by atoms with E-state index < -0.39 is 0 Å². The van der Waals surface area contributed by atoms with Crippen molar-refractivity contribution in [1.82, 2.24) is 14.5 Å². The number of nitrogens with zero attached hydrogens (tertiary/aromatic N) is 3. The highest BCUT2D eigenvalue weighted by Gasteiger charge is 2.15. The van der Waals surface area contributed by atoms with Gasteiger partial charge in [-0.25, -0.2) is 9.97 Å². The third-order valence-corrected chi connectivity index (χ3v) is 4.00. The number of unbranched alkanes of at least 4 members (excludes halogenated alkanes) is 1. The predicted octanol–water partition coefficient (Wildman–Crippen LogP) is 4.01. The van der Waals surface area contributed by atoms with Crippen molar-refractivity contribution in [3.05, 3.63) is 28.5 Å². The third kappa shape index (κ3) is 3.56. The lowest BCUT2D eigenvalue weighted by Gasteiger charge is -2.16. The molecule has 0 bridgehead atoms. The fourth-order valence-electron chi connectivity index (χ4n) is 2.06. The lowest BCUT2D eigenvalue weighted by molar-refractivity contribution is 0.624. The number of hydrogen-bond acceptors (Lipinski definition) is 4. The Balaban J connectivity index is 2.12. The van der Waals surface area contributed by atoms with Gasteiger partial charge in [-0.05, 0) is 19.8 Å². The number of thiazole rings is 1. The molecule has 2 rings (SSSR count). The van der Waals surface area contributed by atoms with Gasteiger partial charge in [-0.1, -0.05) is 20.3 Å². The first-order valence-electron chi connectivity index (χ1n) is 6.94. The smallest absolute Gasteiger partial charge is 0.203 e. The van der Waals surface area contributed by atoms with Crippen molar-refractivity contribution in [2.24, 2.45) is 0 Å². The second-order valence-corrected chi connectivity index (χ2v) is 5.65. The maximum absolute atomic E-state index is 4.59. The molecule has 0 aromatic carbocycles. The fourth-order valence-corrected chi connectivity index (χ4v) is 2.83. The van der Waals surface area contributed by atoms with Gasteiger partial charge in [-0.15, -0.1) is 11.3 Å². The van der Waals surface area contributed by atoms with E-state index in [1.54, 1.807) is 11.3 Å². The van der Waals surface area contributed by atoms with Crippen LogP contribution >= 0.6 is 11.3 Å². The van der Waals surface area contributed by atoms with Crippen LogP contribution in [0.4, 0.5) is 5.95 Å². The molecule has 0 amide bonds. The van der Waals surface area contributed by atoms with E-state index in [0.29, 0.717) is 0 Å². The Hall–Kier alpha value is -1.36. The molecule has 0 saturated carbocycles. The molecular formula is C14H22N4S. The molecule has 19 heavy (non-hydrogen) atoms. The van der Waals surface area contributed by atoms with Crippen LogP contribution in [0.15, 0.2) is 17.8 Å². The molecule has 1 unspecified atom stereocenters. The van der Waals surface area contributed by atoms with Gasteiger partial charge in [0.15, 0.2) is 0 Å². The number of anilines is 1. The molecule has 5 heteroatoms. The second kappa shape index (κ2) is 6.70. The van der Waals surface area contributed by atoms with Crippen LogP contribution in [0.5, 0.6) is 0 Å². The summed E-state index contributed by atoms with van der Waals surface area (Å²) in [5, 5.41) is 6.68. The Morgan fingerprint density at radius 3 is 2.89 bits per heavy atom. The zero-order valence-corrected chi connectivity index (χ0v) is 12.7. The zero-order chi connectivity index (χ0) is 13.7. The average molecular weight is 278 g/mol. The van der Waals surface area contributed by atoms with Crippen LogP contribution in [0.3, 0.4) is 0 Å². The molecule has 0 spiro atoms. The van der Waals surface area contributed by atoms with Crippen molar-refractivity contribution in [3.63, 3.8) is 0 Å².